The van der Waals surface area contributed by atoms with Gasteiger partial charge in [0.25, 0.3) is 11.5 Å². The number of morpholine rings is 1. The molecule has 0 saturated carbocycles. The molecular weight excluding hydrogens is 286 g/mol. The van der Waals surface area contributed by atoms with Gasteiger partial charge >= 0.3 is 0 Å². The number of nitrogens with two attached hydrogens (primary N) is 1. The smallest absolute Gasteiger partial charge is 0.264 e. The summed E-state index contributed by atoms with van der Waals surface area (Å²) < 4.78 is 6.57. The zero-order chi connectivity index (χ0) is 15.9. The lowest BCUT2D eigenvalue weighted by Gasteiger charge is -2.26. The summed E-state index contributed by atoms with van der Waals surface area (Å²) in [7, 11) is 1.58. The predicted molar refractivity (Wildman–Crippen MR) is 80.7 cm³/mol. The van der Waals surface area contributed by atoms with Gasteiger partial charge in [0.1, 0.15) is 22.9 Å². The summed E-state index contributed by atoms with van der Waals surface area (Å²) >= 11 is 0. The van der Waals surface area contributed by atoms with Crippen LogP contribution in [0.15, 0.2) is 10.9 Å². The number of fused-ring (bicyclic) bond motifs is 1. The van der Waals surface area contributed by atoms with Crippen LogP contribution < -0.4 is 11.3 Å². The Kier molecular flexibility index (Phi) is 3.53. The van der Waals surface area contributed by atoms with E-state index < -0.39 is 0 Å². The normalized spacial score (nSPS) is 15.3. The summed E-state index contributed by atoms with van der Waals surface area (Å²) in [4.78, 5) is 35.0. The molecule has 2 aromatic rings. The van der Waals surface area contributed by atoms with Gasteiger partial charge in [-0.3, -0.25) is 14.2 Å². The van der Waals surface area contributed by atoms with Crippen LogP contribution in [0.4, 0.5) is 5.82 Å². The SMILES string of the molecule is Cc1nc(N)c2cc(C(=O)N3CCOCC3)c(=O)n(C)c2n1. The number of aryl methyl sites for hydroxylation is 2. The first-order chi connectivity index (χ1) is 10.5. The lowest BCUT2D eigenvalue weighted by Crippen LogP contribution is -2.43. The number of nitrogens with zero attached hydrogens (tertiary/aromatic N) is 4. The minimum Gasteiger partial charge on any atom is -0.383 e. The fraction of sp³-hybridized carbons (Fsp3) is 0.429. The summed E-state index contributed by atoms with van der Waals surface area (Å²) in [5, 5.41) is 0.504. The molecule has 0 unspecified atom stereocenters. The van der Waals surface area contributed by atoms with E-state index >= 15 is 0 Å². The maximum absolute atomic E-state index is 12.6. The van der Waals surface area contributed by atoms with Gasteiger partial charge in [-0.2, -0.15) is 0 Å². The summed E-state index contributed by atoms with van der Waals surface area (Å²) in [6.07, 6.45) is 0. The fourth-order valence-electron chi connectivity index (χ4n) is 2.55. The third-order valence-corrected chi connectivity index (χ3v) is 3.74. The number of nitrogen functional groups attached to an aromatic ring is 1. The van der Waals surface area contributed by atoms with Crippen LogP contribution in [-0.4, -0.2) is 51.6 Å². The molecule has 0 radical (unpaired) electrons. The molecule has 0 aliphatic carbocycles. The molecule has 2 N–H and O–H groups in total. The van der Waals surface area contributed by atoms with Crippen LogP contribution in [0.1, 0.15) is 16.2 Å². The monoisotopic (exact) mass is 303 g/mol. The second-order valence-corrected chi connectivity index (χ2v) is 5.22. The lowest BCUT2D eigenvalue weighted by atomic mass is 10.1. The van der Waals surface area contributed by atoms with Crippen LogP contribution in [0.2, 0.25) is 0 Å². The van der Waals surface area contributed by atoms with Crippen molar-refractivity contribution in [3.05, 3.63) is 27.8 Å². The Morgan fingerprint density at radius 2 is 2.00 bits per heavy atom. The van der Waals surface area contributed by atoms with Crippen LogP contribution in [0.3, 0.4) is 0 Å². The van der Waals surface area contributed by atoms with Crippen molar-refractivity contribution in [3.8, 4) is 0 Å². The maximum atomic E-state index is 12.6. The van der Waals surface area contributed by atoms with Crippen LogP contribution in [0.25, 0.3) is 11.0 Å². The molecule has 116 valence electrons. The molecule has 0 spiro atoms. The number of pyridine rings is 1. The number of carbonyl (C=O) groups is 1. The predicted octanol–water partition coefficient (Wildman–Crippen LogP) is -0.308. The molecule has 0 bridgehead atoms. The van der Waals surface area contributed by atoms with Gasteiger partial charge in [0.15, 0.2) is 0 Å². The third-order valence-electron chi connectivity index (χ3n) is 3.74. The Hall–Kier alpha value is -2.48. The highest BCUT2D eigenvalue weighted by atomic mass is 16.5. The molecule has 8 heteroatoms. The van der Waals surface area contributed by atoms with E-state index in [0.717, 1.165) is 0 Å². The van der Waals surface area contributed by atoms with Crippen LogP contribution in [0.5, 0.6) is 0 Å². The minimum atomic E-state index is -0.388. The number of aromatic nitrogens is 3. The van der Waals surface area contributed by atoms with E-state index in [1.54, 1.807) is 18.9 Å². The second kappa shape index (κ2) is 5.38. The molecule has 1 fully saturated rings. The average molecular weight is 303 g/mol. The number of carbonyl (C=O) groups excluding carboxylic acids is 1. The molecule has 1 aliphatic heterocycles. The number of hydrogen-bond donors (Lipinski definition) is 1. The van der Waals surface area contributed by atoms with Crippen molar-refractivity contribution in [1.29, 1.82) is 0 Å². The van der Waals surface area contributed by atoms with Gasteiger partial charge in [0.05, 0.1) is 18.6 Å². The summed E-state index contributed by atoms with van der Waals surface area (Å²) in [5.74, 6) is 0.423. The van der Waals surface area contributed by atoms with E-state index in [1.807, 2.05) is 0 Å². The molecule has 0 aromatic carbocycles. The van der Waals surface area contributed by atoms with Gasteiger partial charge in [0.2, 0.25) is 0 Å². The molecular formula is C14H17N5O3. The number of ether oxygens (including phenoxy) is 1. The highest BCUT2D eigenvalue weighted by Gasteiger charge is 2.23. The van der Waals surface area contributed by atoms with E-state index in [0.29, 0.717) is 43.2 Å². The van der Waals surface area contributed by atoms with Gasteiger partial charge < -0.3 is 15.4 Å². The van der Waals surface area contributed by atoms with Gasteiger partial charge in [-0.25, -0.2) is 9.97 Å². The first-order valence-corrected chi connectivity index (χ1v) is 7.00. The number of anilines is 1. The molecule has 22 heavy (non-hydrogen) atoms. The third kappa shape index (κ3) is 2.31. The van der Waals surface area contributed by atoms with Crippen molar-refractivity contribution in [3.63, 3.8) is 0 Å². The number of rotatable bonds is 1. The maximum Gasteiger partial charge on any atom is 0.264 e. The van der Waals surface area contributed by atoms with Crippen molar-refractivity contribution in [1.82, 2.24) is 19.4 Å². The van der Waals surface area contributed by atoms with Gasteiger partial charge in [-0.1, -0.05) is 0 Å². The van der Waals surface area contributed by atoms with E-state index in [2.05, 4.69) is 9.97 Å². The number of amides is 1. The van der Waals surface area contributed by atoms with Gasteiger partial charge in [0, 0.05) is 20.1 Å². The van der Waals surface area contributed by atoms with E-state index in [-0.39, 0.29) is 22.8 Å². The molecule has 2 aromatic heterocycles. The Morgan fingerprint density at radius 1 is 1.32 bits per heavy atom. The van der Waals surface area contributed by atoms with Crippen molar-refractivity contribution in [2.45, 2.75) is 6.92 Å². The van der Waals surface area contributed by atoms with E-state index in [1.165, 1.54) is 10.6 Å². The van der Waals surface area contributed by atoms with Gasteiger partial charge in [-0.05, 0) is 13.0 Å². The van der Waals surface area contributed by atoms with Crippen LogP contribution in [0, 0.1) is 6.92 Å². The fourth-order valence-corrected chi connectivity index (χ4v) is 2.55. The van der Waals surface area contributed by atoms with Crippen molar-refractivity contribution >= 4 is 22.8 Å². The van der Waals surface area contributed by atoms with Crippen LogP contribution >= 0.6 is 0 Å². The van der Waals surface area contributed by atoms with E-state index in [4.69, 9.17) is 10.5 Å². The first-order valence-electron chi connectivity index (χ1n) is 7.00. The van der Waals surface area contributed by atoms with Crippen molar-refractivity contribution in [2.24, 2.45) is 7.05 Å². The Morgan fingerprint density at radius 3 is 2.68 bits per heavy atom. The lowest BCUT2D eigenvalue weighted by molar-refractivity contribution is 0.0301. The van der Waals surface area contributed by atoms with Crippen LogP contribution in [-0.2, 0) is 11.8 Å². The van der Waals surface area contributed by atoms with E-state index in [9.17, 15) is 9.59 Å². The minimum absolute atomic E-state index is 0.0797. The molecule has 0 atom stereocenters. The van der Waals surface area contributed by atoms with Crippen molar-refractivity contribution < 1.29 is 9.53 Å². The summed E-state index contributed by atoms with van der Waals surface area (Å²) in [6.45, 7) is 3.60. The molecule has 8 nitrogen and oxygen atoms in total. The zero-order valence-corrected chi connectivity index (χ0v) is 12.5. The molecule has 1 aliphatic rings. The highest BCUT2D eigenvalue weighted by molar-refractivity contribution is 5.98. The Labute approximate surface area is 126 Å². The largest absolute Gasteiger partial charge is 0.383 e. The molecule has 3 heterocycles. The molecule has 1 saturated heterocycles. The summed E-state index contributed by atoms with van der Waals surface area (Å²) in [5.41, 5.74) is 6.03. The topological polar surface area (TPSA) is 103 Å². The Balaban J connectivity index is 2.16. The number of hydrogen-bond acceptors (Lipinski definition) is 6. The molecule has 3 rings (SSSR count). The first kappa shape index (κ1) is 14.5. The van der Waals surface area contributed by atoms with Crippen molar-refractivity contribution in [2.75, 3.05) is 32.0 Å². The highest BCUT2D eigenvalue weighted by Crippen LogP contribution is 2.18. The zero-order valence-electron chi connectivity index (χ0n) is 12.5. The summed E-state index contributed by atoms with van der Waals surface area (Å²) in [6, 6.07) is 1.49. The Bertz CT molecular complexity index is 808. The molecule has 1 amide bonds. The average Bonchev–Trinajstić information content (AvgIpc) is 2.51. The standard InChI is InChI=1S/C14H17N5O3/c1-8-16-11(15)9-7-10(13(20)18(2)12(9)17-8)14(21)19-3-5-22-6-4-19/h7H,3-6H2,1-2H3,(H2,15,16,17). The second-order valence-electron chi connectivity index (χ2n) is 5.22. The quantitative estimate of drug-likeness (QED) is 0.775. The van der Waals surface area contributed by atoms with Gasteiger partial charge in [-0.15, -0.1) is 0 Å².